The molecule has 3 atom stereocenters. The van der Waals surface area contributed by atoms with Gasteiger partial charge in [0.1, 0.15) is 0 Å². The van der Waals surface area contributed by atoms with Gasteiger partial charge < -0.3 is 9.47 Å². The molecule has 0 radical (unpaired) electrons. The van der Waals surface area contributed by atoms with E-state index >= 15 is 0 Å². The van der Waals surface area contributed by atoms with E-state index in [1.165, 1.54) is 5.57 Å². The monoisotopic (exact) mass is 196 g/mol. The summed E-state index contributed by atoms with van der Waals surface area (Å²) in [7, 11) is 1.65. The molecule has 14 heavy (non-hydrogen) atoms. The maximum absolute atomic E-state index is 11.5. The Morgan fingerprint density at radius 1 is 1.64 bits per heavy atom. The molecule has 2 saturated carbocycles. The van der Waals surface area contributed by atoms with Gasteiger partial charge in [0, 0.05) is 5.92 Å². The molecule has 3 nitrogen and oxygen atoms in total. The van der Waals surface area contributed by atoms with E-state index < -0.39 is 0 Å². The Morgan fingerprint density at radius 2 is 2.43 bits per heavy atom. The molecule has 3 unspecified atom stereocenters. The molecule has 2 aliphatic rings. The SMILES string of the molecule is CCOC(=O)C1C2CCC(=COC)C21. The van der Waals surface area contributed by atoms with E-state index in [1.807, 2.05) is 6.92 Å². The van der Waals surface area contributed by atoms with Gasteiger partial charge in [0.2, 0.25) is 0 Å². The predicted molar refractivity (Wildman–Crippen MR) is 51.4 cm³/mol. The number of hydrogen-bond acceptors (Lipinski definition) is 3. The van der Waals surface area contributed by atoms with Crippen molar-refractivity contribution >= 4 is 5.97 Å². The molecule has 0 bridgehead atoms. The van der Waals surface area contributed by atoms with Gasteiger partial charge in [-0.25, -0.2) is 0 Å². The molecule has 78 valence electrons. The molecule has 0 aromatic carbocycles. The van der Waals surface area contributed by atoms with Gasteiger partial charge in [0.05, 0.1) is 25.9 Å². The van der Waals surface area contributed by atoms with E-state index in [4.69, 9.17) is 9.47 Å². The average Bonchev–Trinajstić information content (AvgIpc) is 2.76. The van der Waals surface area contributed by atoms with Gasteiger partial charge in [-0.2, -0.15) is 0 Å². The normalized spacial score (nSPS) is 36.7. The largest absolute Gasteiger partial charge is 0.504 e. The summed E-state index contributed by atoms with van der Waals surface area (Å²) in [5, 5.41) is 0. The van der Waals surface area contributed by atoms with E-state index in [0.29, 0.717) is 18.4 Å². The lowest BCUT2D eigenvalue weighted by molar-refractivity contribution is -0.145. The van der Waals surface area contributed by atoms with Crippen LogP contribution < -0.4 is 0 Å². The molecule has 0 amide bonds. The number of hydrogen-bond donors (Lipinski definition) is 0. The van der Waals surface area contributed by atoms with Gasteiger partial charge in [0.15, 0.2) is 0 Å². The smallest absolute Gasteiger partial charge is 0.309 e. The van der Waals surface area contributed by atoms with Gasteiger partial charge in [-0.3, -0.25) is 4.79 Å². The fourth-order valence-electron chi connectivity index (χ4n) is 2.59. The van der Waals surface area contributed by atoms with Gasteiger partial charge in [-0.05, 0) is 31.3 Å². The van der Waals surface area contributed by atoms with E-state index in [0.717, 1.165) is 12.8 Å². The van der Waals surface area contributed by atoms with E-state index in [-0.39, 0.29) is 11.9 Å². The Bertz CT molecular complexity index is 270. The van der Waals surface area contributed by atoms with Crippen LogP contribution in [0.25, 0.3) is 0 Å². The summed E-state index contributed by atoms with van der Waals surface area (Å²) in [6.07, 6.45) is 3.99. The summed E-state index contributed by atoms with van der Waals surface area (Å²) in [5.74, 6) is 1.07. The van der Waals surface area contributed by atoms with Gasteiger partial charge in [-0.15, -0.1) is 0 Å². The number of esters is 1. The van der Waals surface area contributed by atoms with Crippen molar-refractivity contribution in [1.82, 2.24) is 0 Å². The number of rotatable bonds is 3. The Kier molecular flexibility index (Phi) is 2.48. The summed E-state index contributed by atoms with van der Waals surface area (Å²) in [6, 6.07) is 0. The maximum Gasteiger partial charge on any atom is 0.309 e. The third kappa shape index (κ3) is 1.41. The minimum absolute atomic E-state index is 0.0239. The molecule has 0 aromatic heterocycles. The molecular formula is C11H16O3. The molecule has 0 spiro atoms. The molecule has 0 heterocycles. The topological polar surface area (TPSA) is 35.5 Å². The third-order valence-electron chi connectivity index (χ3n) is 3.19. The number of carbonyl (C=O) groups is 1. The van der Waals surface area contributed by atoms with Crippen LogP contribution >= 0.6 is 0 Å². The maximum atomic E-state index is 11.5. The van der Waals surface area contributed by atoms with E-state index in [2.05, 4.69) is 0 Å². The molecule has 0 aromatic rings. The van der Waals surface area contributed by atoms with Gasteiger partial charge in [0.25, 0.3) is 0 Å². The first-order valence-electron chi connectivity index (χ1n) is 5.18. The number of methoxy groups -OCH3 is 1. The van der Waals surface area contributed by atoms with Crippen LogP contribution in [0, 0.1) is 17.8 Å². The van der Waals surface area contributed by atoms with Gasteiger partial charge in [-0.1, -0.05) is 0 Å². The Labute approximate surface area is 84.1 Å². The highest BCUT2D eigenvalue weighted by Crippen LogP contribution is 2.60. The van der Waals surface area contributed by atoms with Crippen LogP contribution in [0.2, 0.25) is 0 Å². The lowest BCUT2D eigenvalue weighted by atomic mass is 10.1. The summed E-state index contributed by atoms with van der Waals surface area (Å²) in [6.45, 7) is 2.33. The lowest BCUT2D eigenvalue weighted by Gasteiger charge is -2.05. The van der Waals surface area contributed by atoms with Crippen molar-refractivity contribution in [2.45, 2.75) is 19.8 Å². The number of fused-ring (bicyclic) bond motifs is 1. The van der Waals surface area contributed by atoms with Crippen molar-refractivity contribution < 1.29 is 14.3 Å². The summed E-state index contributed by atoms with van der Waals surface area (Å²) in [5.41, 5.74) is 1.29. The highest BCUT2D eigenvalue weighted by molar-refractivity contribution is 5.78. The Hall–Kier alpha value is -0.990. The van der Waals surface area contributed by atoms with Crippen molar-refractivity contribution in [2.75, 3.05) is 13.7 Å². The first-order valence-corrected chi connectivity index (χ1v) is 5.18. The zero-order valence-corrected chi connectivity index (χ0v) is 8.66. The zero-order valence-electron chi connectivity index (χ0n) is 8.66. The van der Waals surface area contributed by atoms with Crippen LogP contribution in [0.3, 0.4) is 0 Å². The Balaban J connectivity index is 1.96. The summed E-state index contributed by atoms with van der Waals surface area (Å²) in [4.78, 5) is 11.5. The van der Waals surface area contributed by atoms with Crippen LogP contribution in [0.1, 0.15) is 19.8 Å². The molecule has 2 rings (SSSR count). The van der Waals surface area contributed by atoms with E-state index in [1.54, 1.807) is 13.4 Å². The van der Waals surface area contributed by atoms with Crippen LogP contribution in [-0.4, -0.2) is 19.7 Å². The minimum atomic E-state index is -0.0239. The molecular weight excluding hydrogens is 180 g/mol. The fourth-order valence-corrected chi connectivity index (χ4v) is 2.59. The van der Waals surface area contributed by atoms with Gasteiger partial charge >= 0.3 is 5.97 Å². The lowest BCUT2D eigenvalue weighted by Crippen LogP contribution is -2.10. The van der Waals surface area contributed by atoms with Crippen LogP contribution in [-0.2, 0) is 14.3 Å². The predicted octanol–water partition coefficient (Wildman–Crippen LogP) is 1.74. The standard InChI is InChI=1S/C11H16O3/c1-3-14-11(12)10-8-5-4-7(6-13-2)9(8)10/h6,8-10H,3-5H2,1-2H3. The molecule has 0 aliphatic heterocycles. The third-order valence-corrected chi connectivity index (χ3v) is 3.19. The van der Waals surface area contributed by atoms with Crippen molar-refractivity contribution in [2.24, 2.45) is 17.8 Å². The van der Waals surface area contributed by atoms with Crippen molar-refractivity contribution in [3.63, 3.8) is 0 Å². The first-order chi connectivity index (χ1) is 6.79. The minimum Gasteiger partial charge on any atom is -0.504 e. The molecule has 0 saturated heterocycles. The van der Waals surface area contributed by atoms with E-state index in [9.17, 15) is 4.79 Å². The second kappa shape index (κ2) is 3.64. The molecule has 0 N–H and O–H groups in total. The molecule has 2 fully saturated rings. The molecule has 3 heteroatoms. The molecule has 2 aliphatic carbocycles. The highest BCUT2D eigenvalue weighted by atomic mass is 16.5. The average molecular weight is 196 g/mol. The summed E-state index contributed by atoms with van der Waals surface area (Å²) < 4.78 is 10.0. The number of allylic oxidation sites excluding steroid dienone is 1. The fraction of sp³-hybridized carbons (Fsp3) is 0.727. The quantitative estimate of drug-likeness (QED) is 0.509. The first kappa shape index (κ1) is 9.56. The van der Waals surface area contributed by atoms with Crippen molar-refractivity contribution in [3.8, 4) is 0 Å². The number of ether oxygens (including phenoxy) is 2. The second-order valence-corrected chi connectivity index (χ2v) is 3.93. The Morgan fingerprint density at radius 3 is 3.07 bits per heavy atom. The zero-order chi connectivity index (χ0) is 10.1. The summed E-state index contributed by atoms with van der Waals surface area (Å²) >= 11 is 0. The van der Waals surface area contributed by atoms with Crippen molar-refractivity contribution in [1.29, 1.82) is 0 Å². The highest BCUT2D eigenvalue weighted by Gasteiger charge is 2.60. The van der Waals surface area contributed by atoms with Crippen LogP contribution in [0.4, 0.5) is 0 Å². The van der Waals surface area contributed by atoms with Crippen molar-refractivity contribution in [3.05, 3.63) is 11.8 Å². The second-order valence-electron chi connectivity index (χ2n) is 3.93. The van der Waals surface area contributed by atoms with Crippen LogP contribution in [0.15, 0.2) is 11.8 Å². The van der Waals surface area contributed by atoms with Crippen LogP contribution in [0.5, 0.6) is 0 Å². The number of carbonyl (C=O) groups excluding carboxylic acids is 1.